The summed E-state index contributed by atoms with van der Waals surface area (Å²) in [7, 11) is 0. The van der Waals surface area contributed by atoms with Gasteiger partial charge >= 0.3 is 0 Å². The van der Waals surface area contributed by atoms with Crippen molar-refractivity contribution in [2.45, 2.75) is 27.2 Å². The fourth-order valence-electron chi connectivity index (χ4n) is 2.66. The molecule has 3 aromatic rings. The molecular weight excluding hydrogens is 316 g/mol. The molecule has 130 valence electrons. The lowest BCUT2D eigenvalue weighted by molar-refractivity contribution is -0.123. The van der Waals surface area contributed by atoms with Crippen molar-refractivity contribution < 1.29 is 9.53 Å². The van der Waals surface area contributed by atoms with Gasteiger partial charge in [-0.25, -0.2) is 9.67 Å². The Kier molecular flexibility index (Phi) is 4.97. The minimum absolute atomic E-state index is 0.0229. The van der Waals surface area contributed by atoms with Crippen LogP contribution in [0.25, 0.3) is 16.7 Å². The first-order valence-electron chi connectivity index (χ1n) is 8.41. The zero-order chi connectivity index (χ0) is 17.8. The van der Waals surface area contributed by atoms with Crippen LogP contribution in [0.5, 0.6) is 5.75 Å². The maximum absolute atomic E-state index is 11.8. The minimum atomic E-state index is -0.131. The topological polar surface area (TPSA) is 69.0 Å². The first-order chi connectivity index (χ1) is 12.1. The van der Waals surface area contributed by atoms with E-state index >= 15 is 0 Å². The smallest absolute Gasteiger partial charge is 0.257 e. The van der Waals surface area contributed by atoms with Crippen LogP contribution in [-0.4, -0.2) is 33.8 Å². The van der Waals surface area contributed by atoms with Crippen LogP contribution < -0.4 is 10.1 Å². The van der Waals surface area contributed by atoms with Crippen LogP contribution in [0.1, 0.15) is 24.7 Å². The van der Waals surface area contributed by atoms with Gasteiger partial charge in [-0.15, -0.1) is 0 Å². The Morgan fingerprint density at radius 3 is 2.80 bits per heavy atom. The van der Waals surface area contributed by atoms with E-state index in [4.69, 9.17) is 9.72 Å². The van der Waals surface area contributed by atoms with Gasteiger partial charge in [-0.1, -0.05) is 19.1 Å². The SMILES string of the molecule is CCCNC(=O)COc1cccc2ccc(-n3nc(C)cc3C)nc12. The Morgan fingerprint density at radius 2 is 2.08 bits per heavy atom. The zero-order valence-corrected chi connectivity index (χ0v) is 14.7. The second-order valence-corrected chi connectivity index (χ2v) is 5.97. The molecule has 6 nitrogen and oxygen atoms in total. The van der Waals surface area contributed by atoms with Gasteiger partial charge in [0.1, 0.15) is 11.3 Å². The molecule has 25 heavy (non-hydrogen) atoms. The summed E-state index contributed by atoms with van der Waals surface area (Å²) in [5, 5.41) is 8.23. The third kappa shape index (κ3) is 3.79. The molecule has 0 aliphatic rings. The van der Waals surface area contributed by atoms with Gasteiger partial charge in [-0.2, -0.15) is 5.10 Å². The van der Waals surface area contributed by atoms with Crippen LogP contribution in [0.2, 0.25) is 0 Å². The number of amides is 1. The van der Waals surface area contributed by atoms with Crippen molar-refractivity contribution in [1.29, 1.82) is 0 Å². The van der Waals surface area contributed by atoms with Crippen molar-refractivity contribution in [3.63, 3.8) is 0 Å². The van der Waals surface area contributed by atoms with Gasteiger partial charge in [0, 0.05) is 17.6 Å². The number of carbonyl (C=O) groups excluding carboxylic acids is 1. The van der Waals surface area contributed by atoms with E-state index in [1.807, 2.05) is 57.2 Å². The van der Waals surface area contributed by atoms with E-state index in [2.05, 4.69) is 10.4 Å². The highest BCUT2D eigenvalue weighted by molar-refractivity contribution is 5.86. The third-order valence-electron chi connectivity index (χ3n) is 3.83. The number of para-hydroxylation sites is 1. The van der Waals surface area contributed by atoms with Crippen LogP contribution in [0.4, 0.5) is 0 Å². The molecular formula is C19H22N4O2. The van der Waals surface area contributed by atoms with Crippen molar-refractivity contribution in [3.8, 4) is 11.6 Å². The maximum atomic E-state index is 11.8. The van der Waals surface area contributed by atoms with Gasteiger partial charge < -0.3 is 10.1 Å². The second kappa shape index (κ2) is 7.34. The number of rotatable bonds is 6. The highest BCUT2D eigenvalue weighted by Crippen LogP contribution is 2.25. The summed E-state index contributed by atoms with van der Waals surface area (Å²) in [5.41, 5.74) is 2.68. The minimum Gasteiger partial charge on any atom is -0.481 e. The van der Waals surface area contributed by atoms with Gasteiger partial charge in [-0.05, 0) is 44.5 Å². The molecule has 0 aliphatic heterocycles. The van der Waals surface area contributed by atoms with Crippen LogP contribution in [0.15, 0.2) is 36.4 Å². The summed E-state index contributed by atoms with van der Waals surface area (Å²) < 4.78 is 7.51. The lowest BCUT2D eigenvalue weighted by Gasteiger charge is -2.10. The lowest BCUT2D eigenvalue weighted by atomic mass is 10.2. The van der Waals surface area contributed by atoms with Crippen LogP contribution in [0.3, 0.4) is 0 Å². The van der Waals surface area contributed by atoms with E-state index in [0.29, 0.717) is 12.3 Å². The van der Waals surface area contributed by atoms with E-state index in [1.54, 1.807) is 4.68 Å². The van der Waals surface area contributed by atoms with Crippen molar-refractivity contribution in [3.05, 3.63) is 47.8 Å². The quantitative estimate of drug-likeness (QED) is 0.750. The molecule has 0 atom stereocenters. The number of aromatic nitrogens is 3. The molecule has 0 saturated carbocycles. The summed E-state index contributed by atoms with van der Waals surface area (Å²) in [6, 6.07) is 11.6. The van der Waals surface area contributed by atoms with Crippen LogP contribution in [-0.2, 0) is 4.79 Å². The van der Waals surface area contributed by atoms with Gasteiger partial charge in [0.25, 0.3) is 5.91 Å². The average molecular weight is 338 g/mol. The number of benzene rings is 1. The highest BCUT2D eigenvalue weighted by Gasteiger charge is 2.10. The highest BCUT2D eigenvalue weighted by atomic mass is 16.5. The molecule has 0 unspecified atom stereocenters. The summed E-state index contributed by atoms with van der Waals surface area (Å²) >= 11 is 0. The van der Waals surface area contributed by atoms with Gasteiger partial charge in [-0.3, -0.25) is 4.79 Å². The molecule has 1 N–H and O–H groups in total. The molecule has 0 saturated heterocycles. The fraction of sp³-hybridized carbons (Fsp3) is 0.316. The third-order valence-corrected chi connectivity index (χ3v) is 3.83. The Labute approximate surface area is 146 Å². The van der Waals surface area contributed by atoms with Gasteiger partial charge in [0.15, 0.2) is 12.4 Å². The van der Waals surface area contributed by atoms with Gasteiger partial charge in [0.2, 0.25) is 0 Å². The van der Waals surface area contributed by atoms with Crippen LogP contribution in [0, 0.1) is 13.8 Å². The largest absolute Gasteiger partial charge is 0.481 e. The number of nitrogens with one attached hydrogen (secondary N) is 1. The van der Waals surface area contributed by atoms with Gasteiger partial charge in [0.05, 0.1) is 5.69 Å². The summed E-state index contributed by atoms with van der Waals surface area (Å²) in [5.74, 6) is 1.19. The van der Waals surface area contributed by atoms with Crippen molar-refractivity contribution in [2.24, 2.45) is 0 Å². The molecule has 6 heteroatoms. The normalized spacial score (nSPS) is 10.8. The Hall–Kier alpha value is -2.89. The van der Waals surface area contributed by atoms with E-state index in [-0.39, 0.29) is 12.5 Å². The number of aryl methyl sites for hydroxylation is 2. The van der Waals surface area contributed by atoms with Crippen molar-refractivity contribution in [1.82, 2.24) is 20.1 Å². The fourth-order valence-corrected chi connectivity index (χ4v) is 2.66. The monoisotopic (exact) mass is 338 g/mol. The van der Waals surface area contributed by atoms with E-state index in [1.165, 1.54) is 0 Å². The van der Waals surface area contributed by atoms with E-state index in [9.17, 15) is 4.79 Å². The van der Waals surface area contributed by atoms with Crippen molar-refractivity contribution >= 4 is 16.8 Å². The number of fused-ring (bicyclic) bond motifs is 1. The number of pyridine rings is 1. The number of hydrogen-bond acceptors (Lipinski definition) is 4. The molecule has 0 aliphatic carbocycles. The predicted octanol–water partition coefficient (Wildman–Crippen LogP) is 2.94. The number of carbonyl (C=O) groups is 1. The second-order valence-electron chi connectivity index (χ2n) is 5.97. The zero-order valence-electron chi connectivity index (χ0n) is 14.7. The standard InChI is InChI=1S/C19H22N4O2/c1-4-10-20-18(24)12-25-16-7-5-6-15-8-9-17(21-19(15)16)23-14(3)11-13(2)22-23/h5-9,11H,4,10,12H2,1-3H3,(H,20,24). The maximum Gasteiger partial charge on any atom is 0.257 e. The molecule has 2 heterocycles. The molecule has 3 rings (SSSR count). The molecule has 0 fully saturated rings. The summed E-state index contributed by atoms with van der Waals surface area (Å²) in [4.78, 5) is 16.5. The molecule has 0 bridgehead atoms. The number of nitrogens with zero attached hydrogens (tertiary/aromatic N) is 3. The number of ether oxygens (including phenoxy) is 1. The summed E-state index contributed by atoms with van der Waals surface area (Å²) in [6.45, 7) is 6.58. The van der Waals surface area contributed by atoms with E-state index < -0.39 is 0 Å². The predicted molar refractivity (Wildman–Crippen MR) is 97.1 cm³/mol. The molecule has 0 spiro atoms. The average Bonchev–Trinajstić information content (AvgIpc) is 2.95. The first-order valence-corrected chi connectivity index (χ1v) is 8.41. The Morgan fingerprint density at radius 1 is 1.24 bits per heavy atom. The molecule has 1 aromatic carbocycles. The molecule has 1 amide bonds. The summed E-state index contributed by atoms with van der Waals surface area (Å²) in [6.07, 6.45) is 0.896. The van der Waals surface area contributed by atoms with Crippen LogP contribution >= 0.6 is 0 Å². The molecule has 2 aromatic heterocycles. The first kappa shape index (κ1) is 17.0. The number of hydrogen-bond donors (Lipinski definition) is 1. The Bertz CT molecular complexity index is 902. The van der Waals surface area contributed by atoms with Crippen molar-refractivity contribution in [2.75, 3.05) is 13.2 Å². The Balaban J connectivity index is 1.90. The molecule has 0 radical (unpaired) electrons. The lowest BCUT2D eigenvalue weighted by Crippen LogP contribution is -2.29. The van der Waals surface area contributed by atoms with E-state index in [0.717, 1.165) is 34.5 Å².